The Morgan fingerprint density at radius 1 is 1.38 bits per heavy atom. The second-order valence-electron chi connectivity index (χ2n) is 4.62. The summed E-state index contributed by atoms with van der Waals surface area (Å²) in [4.78, 5) is 2.30. The highest BCUT2D eigenvalue weighted by Crippen LogP contribution is 2.24. The fourth-order valence-electron chi connectivity index (χ4n) is 1.97. The van der Waals surface area contributed by atoms with E-state index >= 15 is 0 Å². The van der Waals surface area contributed by atoms with Crippen LogP contribution in [-0.2, 0) is 0 Å². The van der Waals surface area contributed by atoms with Crippen LogP contribution in [0.1, 0.15) is 39.0 Å². The Morgan fingerprint density at radius 2 is 2.15 bits per heavy atom. The minimum absolute atomic E-state index is 0.969. The number of rotatable bonds is 3. The molecule has 0 spiro atoms. The largest absolute Gasteiger partial charge is 0.309 e. The van der Waals surface area contributed by atoms with E-state index in [1.165, 1.54) is 38.6 Å². The molecule has 0 fully saturated rings. The van der Waals surface area contributed by atoms with Gasteiger partial charge in [-0.25, -0.2) is 0 Å². The zero-order valence-electron chi connectivity index (χ0n) is 9.34. The summed E-state index contributed by atoms with van der Waals surface area (Å²) in [6.07, 6.45) is 9.27. The molecule has 0 saturated carbocycles. The molecule has 1 heteroatoms. The zero-order valence-corrected chi connectivity index (χ0v) is 9.34. The summed E-state index contributed by atoms with van der Waals surface area (Å²) in [6, 6.07) is 0. The molecule has 1 aliphatic rings. The van der Waals surface area contributed by atoms with Crippen LogP contribution in [0, 0.1) is 5.92 Å². The fourth-order valence-corrected chi connectivity index (χ4v) is 1.97. The van der Waals surface area contributed by atoms with Crippen LogP contribution >= 0.6 is 0 Å². The van der Waals surface area contributed by atoms with E-state index in [9.17, 15) is 0 Å². The molecule has 0 amide bonds. The maximum absolute atomic E-state index is 2.43. The van der Waals surface area contributed by atoms with Crippen LogP contribution in [0.2, 0.25) is 0 Å². The minimum Gasteiger partial charge on any atom is -0.309 e. The Morgan fingerprint density at radius 3 is 2.85 bits per heavy atom. The summed E-state index contributed by atoms with van der Waals surface area (Å²) in [5, 5.41) is 0. The maximum atomic E-state index is 2.43. The maximum Gasteiger partial charge on any atom is -0.00222 e. The van der Waals surface area contributed by atoms with Crippen LogP contribution in [0.15, 0.2) is 11.6 Å². The third-order valence-electron chi connectivity index (χ3n) is 3.00. The van der Waals surface area contributed by atoms with Gasteiger partial charge in [-0.2, -0.15) is 0 Å². The van der Waals surface area contributed by atoms with Crippen LogP contribution in [0.4, 0.5) is 0 Å². The van der Waals surface area contributed by atoms with Crippen molar-refractivity contribution in [1.29, 1.82) is 0 Å². The topological polar surface area (TPSA) is 3.24 Å². The van der Waals surface area contributed by atoms with Gasteiger partial charge in [0.25, 0.3) is 0 Å². The third-order valence-corrected chi connectivity index (χ3v) is 3.00. The molecule has 13 heavy (non-hydrogen) atoms. The van der Waals surface area contributed by atoms with Crippen LogP contribution in [0.25, 0.3) is 0 Å². The first-order chi connectivity index (χ1) is 6.18. The van der Waals surface area contributed by atoms with Gasteiger partial charge in [-0.1, -0.05) is 11.6 Å². The number of hydrogen-bond acceptors (Lipinski definition) is 1. The van der Waals surface area contributed by atoms with Gasteiger partial charge in [0.05, 0.1) is 0 Å². The molecule has 0 bridgehead atoms. The van der Waals surface area contributed by atoms with E-state index in [1.54, 1.807) is 5.57 Å². The zero-order chi connectivity index (χ0) is 9.68. The Kier molecular flexibility index (Phi) is 4.51. The number of hydrogen-bond donors (Lipinski definition) is 0. The van der Waals surface area contributed by atoms with E-state index in [0.717, 1.165) is 5.92 Å². The smallest absolute Gasteiger partial charge is 0.00222 e. The summed E-state index contributed by atoms with van der Waals surface area (Å²) < 4.78 is 0. The molecule has 1 unspecified atom stereocenters. The highest BCUT2D eigenvalue weighted by atomic mass is 15.0. The van der Waals surface area contributed by atoms with Gasteiger partial charge in [-0.3, -0.25) is 0 Å². The normalized spacial score (nSPS) is 24.3. The first-order valence-electron chi connectivity index (χ1n) is 5.49. The van der Waals surface area contributed by atoms with E-state index < -0.39 is 0 Å². The number of nitrogens with zero attached hydrogens (tertiary/aromatic N) is 1. The molecule has 0 aromatic rings. The summed E-state index contributed by atoms with van der Waals surface area (Å²) in [5.74, 6) is 0.969. The van der Waals surface area contributed by atoms with Crippen molar-refractivity contribution in [2.75, 3.05) is 20.6 Å². The first kappa shape index (κ1) is 10.8. The van der Waals surface area contributed by atoms with Crippen LogP contribution in [0.5, 0.6) is 0 Å². The van der Waals surface area contributed by atoms with Gasteiger partial charge in [-0.15, -0.1) is 0 Å². The van der Waals surface area contributed by atoms with Crippen molar-refractivity contribution in [3.8, 4) is 0 Å². The molecule has 1 rings (SSSR count). The van der Waals surface area contributed by atoms with Gasteiger partial charge < -0.3 is 4.90 Å². The lowest BCUT2D eigenvalue weighted by Gasteiger charge is -2.17. The molecular formula is C12H23N. The molecule has 0 saturated heterocycles. The van der Waals surface area contributed by atoms with Gasteiger partial charge in [0.1, 0.15) is 0 Å². The van der Waals surface area contributed by atoms with Crippen molar-refractivity contribution in [3.05, 3.63) is 11.6 Å². The predicted molar refractivity (Wildman–Crippen MR) is 58.9 cm³/mol. The quantitative estimate of drug-likeness (QED) is 0.605. The highest BCUT2D eigenvalue weighted by Gasteiger charge is 2.11. The second kappa shape index (κ2) is 5.43. The lowest BCUT2D eigenvalue weighted by molar-refractivity contribution is 0.332. The van der Waals surface area contributed by atoms with Gasteiger partial charge >= 0.3 is 0 Å². The van der Waals surface area contributed by atoms with E-state index in [-0.39, 0.29) is 0 Å². The van der Waals surface area contributed by atoms with E-state index in [1.807, 2.05) is 0 Å². The second-order valence-corrected chi connectivity index (χ2v) is 4.62. The predicted octanol–water partition coefficient (Wildman–Crippen LogP) is 3.07. The molecule has 0 heterocycles. The van der Waals surface area contributed by atoms with Crippen molar-refractivity contribution in [2.24, 2.45) is 5.92 Å². The Balaban J connectivity index is 2.22. The molecule has 1 aliphatic carbocycles. The van der Waals surface area contributed by atoms with Crippen LogP contribution < -0.4 is 0 Å². The molecule has 1 nitrogen and oxygen atoms in total. The Hall–Kier alpha value is -0.300. The molecule has 1 atom stereocenters. The molecule has 0 aromatic carbocycles. The van der Waals surface area contributed by atoms with Gasteiger partial charge in [0.15, 0.2) is 0 Å². The van der Waals surface area contributed by atoms with E-state index in [0.29, 0.717) is 0 Å². The third kappa shape index (κ3) is 4.47. The SMILES string of the molecule is CC1=CCCC(CCN(C)C)CC1. The monoisotopic (exact) mass is 181 g/mol. The lowest BCUT2D eigenvalue weighted by Crippen LogP contribution is -2.16. The van der Waals surface area contributed by atoms with Crippen molar-refractivity contribution in [1.82, 2.24) is 4.90 Å². The van der Waals surface area contributed by atoms with Gasteiger partial charge in [0.2, 0.25) is 0 Å². The highest BCUT2D eigenvalue weighted by molar-refractivity contribution is 5.00. The average Bonchev–Trinajstić information content (AvgIpc) is 2.27. The first-order valence-corrected chi connectivity index (χ1v) is 5.49. The van der Waals surface area contributed by atoms with E-state index in [2.05, 4.69) is 32.0 Å². The minimum atomic E-state index is 0.969. The van der Waals surface area contributed by atoms with Crippen LogP contribution in [-0.4, -0.2) is 25.5 Å². The molecule has 0 aromatic heterocycles. The number of allylic oxidation sites excluding steroid dienone is 2. The van der Waals surface area contributed by atoms with Gasteiger partial charge in [0, 0.05) is 0 Å². The van der Waals surface area contributed by atoms with Crippen LogP contribution in [0.3, 0.4) is 0 Å². The molecule has 0 N–H and O–H groups in total. The van der Waals surface area contributed by atoms with E-state index in [4.69, 9.17) is 0 Å². The standard InChI is InChI=1S/C12H23N/c1-11-5-4-6-12(8-7-11)9-10-13(2)3/h5,12H,4,6-10H2,1-3H3. The van der Waals surface area contributed by atoms with Gasteiger partial charge in [-0.05, 0) is 65.6 Å². The average molecular weight is 181 g/mol. The lowest BCUT2D eigenvalue weighted by atomic mass is 9.95. The fraction of sp³-hybridized carbons (Fsp3) is 0.833. The van der Waals surface area contributed by atoms with Crippen molar-refractivity contribution in [3.63, 3.8) is 0 Å². The summed E-state index contributed by atoms with van der Waals surface area (Å²) >= 11 is 0. The molecule has 0 radical (unpaired) electrons. The van der Waals surface area contributed by atoms with Crippen molar-refractivity contribution < 1.29 is 0 Å². The summed E-state index contributed by atoms with van der Waals surface area (Å²) in [7, 11) is 4.33. The summed E-state index contributed by atoms with van der Waals surface area (Å²) in [5.41, 5.74) is 1.60. The Bertz CT molecular complexity index is 170. The molecule has 76 valence electrons. The Labute approximate surface area is 82.8 Å². The molecule has 0 aliphatic heterocycles. The van der Waals surface area contributed by atoms with Crippen molar-refractivity contribution >= 4 is 0 Å². The molecular weight excluding hydrogens is 158 g/mol. The van der Waals surface area contributed by atoms with Crippen molar-refractivity contribution in [2.45, 2.75) is 39.0 Å². The summed E-state index contributed by atoms with van der Waals surface area (Å²) in [6.45, 7) is 3.53.